The van der Waals surface area contributed by atoms with E-state index in [1.165, 1.54) is 5.56 Å². The summed E-state index contributed by atoms with van der Waals surface area (Å²) in [6, 6.07) is 15.9. The molecule has 8 heteroatoms. The summed E-state index contributed by atoms with van der Waals surface area (Å²) in [6.07, 6.45) is 3.42. The van der Waals surface area contributed by atoms with Crippen LogP contribution in [0.3, 0.4) is 0 Å². The number of benzene rings is 2. The summed E-state index contributed by atoms with van der Waals surface area (Å²) in [5.41, 5.74) is 5.83. The summed E-state index contributed by atoms with van der Waals surface area (Å²) in [7, 11) is 3.18. The van der Waals surface area contributed by atoms with Crippen LogP contribution in [0.4, 0.5) is 0 Å². The summed E-state index contributed by atoms with van der Waals surface area (Å²) < 4.78 is 19.4. The molecule has 37 heavy (non-hydrogen) atoms. The van der Waals surface area contributed by atoms with Crippen LogP contribution < -0.4 is 19.5 Å². The molecule has 1 aliphatic heterocycles. The second-order valence-corrected chi connectivity index (χ2v) is 9.18. The van der Waals surface area contributed by atoms with Crippen LogP contribution >= 0.6 is 0 Å². The molecule has 1 N–H and O–H groups in total. The molecule has 0 radical (unpaired) electrons. The number of pyridine rings is 1. The van der Waals surface area contributed by atoms with E-state index in [9.17, 15) is 4.79 Å². The summed E-state index contributed by atoms with van der Waals surface area (Å²) in [5, 5.41) is 7.72. The maximum Gasteiger partial charge on any atom is 0.270 e. The first-order valence-corrected chi connectivity index (χ1v) is 12.3. The first-order valence-electron chi connectivity index (χ1n) is 12.3. The number of hydrogen-bond acceptors (Lipinski definition) is 6. The van der Waals surface area contributed by atoms with Crippen LogP contribution in [-0.4, -0.2) is 41.4 Å². The van der Waals surface area contributed by atoms with Crippen LogP contribution in [0.15, 0.2) is 60.9 Å². The maximum atomic E-state index is 13.0. The lowest BCUT2D eigenvalue weighted by Gasteiger charge is -2.18. The molecular weight excluding hydrogens is 468 g/mol. The van der Waals surface area contributed by atoms with Crippen LogP contribution in [0.25, 0.3) is 22.4 Å². The zero-order valence-corrected chi connectivity index (χ0v) is 21.4. The molecule has 1 amide bonds. The number of amides is 1. The monoisotopic (exact) mass is 498 g/mol. The Bertz CT molecular complexity index is 1390. The minimum absolute atomic E-state index is 0.169. The third kappa shape index (κ3) is 4.74. The molecule has 0 fully saturated rings. The van der Waals surface area contributed by atoms with Crippen molar-refractivity contribution in [1.29, 1.82) is 0 Å². The van der Waals surface area contributed by atoms with Crippen molar-refractivity contribution in [3.63, 3.8) is 0 Å². The lowest BCUT2D eigenvalue weighted by molar-refractivity contribution is 0.0925. The lowest BCUT2D eigenvalue weighted by atomic mass is 9.97. The Labute approximate surface area is 216 Å². The highest BCUT2D eigenvalue weighted by Crippen LogP contribution is 2.45. The second-order valence-electron chi connectivity index (χ2n) is 9.18. The van der Waals surface area contributed by atoms with Gasteiger partial charge in [0.2, 0.25) is 5.75 Å². The minimum Gasteiger partial charge on any atom is -0.493 e. The van der Waals surface area contributed by atoms with Crippen LogP contribution in [0.1, 0.15) is 41.4 Å². The number of carbonyl (C=O) groups excluding carboxylic acids is 1. The number of rotatable bonds is 8. The zero-order chi connectivity index (χ0) is 25.9. The van der Waals surface area contributed by atoms with E-state index in [2.05, 4.69) is 48.4 Å². The van der Waals surface area contributed by atoms with Gasteiger partial charge in [0.15, 0.2) is 11.5 Å². The molecule has 0 aliphatic carbocycles. The molecule has 2 aromatic heterocycles. The van der Waals surface area contributed by atoms with Crippen LogP contribution in [0.2, 0.25) is 0 Å². The Kier molecular flexibility index (Phi) is 6.81. The normalized spacial score (nSPS) is 12.7. The highest BCUT2D eigenvalue weighted by molar-refractivity contribution is 6.03. The molecule has 0 bridgehead atoms. The molecule has 0 spiro atoms. The average molecular weight is 499 g/mol. The van der Waals surface area contributed by atoms with E-state index < -0.39 is 0 Å². The number of nitrogens with zero attached hydrogens (tertiary/aromatic N) is 3. The highest BCUT2D eigenvalue weighted by Gasteiger charge is 2.29. The molecule has 0 saturated carbocycles. The number of ether oxygens (including phenoxy) is 3. The van der Waals surface area contributed by atoms with E-state index in [4.69, 9.17) is 19.3 Å². The van der Waals surface area contributed by atoms with Gasteiger partial charge in [-0.05, 0) is 46.9 Å². The molecule has 0 atom stereocenters. The third-order valence-electron chi connectivity index (χ3n) is 6.51. The number of carbonyl (C=O) groups is 1. The van der Waals surface area contributed by atoms with Gasteiger partial charge in [0, 0.05) is 30.1 Å². The Hall–Kier alpha value is -4.33. The molecule has 3 heterocycles. The molecule has 8 nitrogen and oxygen atoms in total. The Morgan fingerprint density at radius 1 is 0.973 bits per heavy atom. The minimum atomic E-state index is -0.169. The van der Waals surface area contributed by atoms with E-state index in [0.29, 0.717) is 59.8 Å². The quantitative estimate of drug-likeness (QED) is 0.365. The Balaban J connectivity index is 1.57. The van der Waals surface area contributed by atoms with Crippen LogP contribution in [0.5, 0.6) is 17.2 Å². The van der Waals surface area contributed by atoms with Crippen molar-refractivity contribution >= 4 is 5.91 Å². The standard InChI is InChI=1S/C29H30N4O4/c1-18(2)20-7-5-19(6-8-20)17-37-28-23(35-3)15-22(16-24(28)36-4)25-26(21-9-11-30-12-10-21)32-33-14-13-31-29(34)27(25)33/h5-12,15-16,18H,13-14,17H2,1-4H3,(H,31,34). The maximum absolute atomic E-state index is 13.0. The lowest BCUT2D eigenvalue weighted by Crippen LogP contribution is -2.35. The van der Waals surface area contributed by atoms with Gasteiger partial charge in [-0.1, -0.05) is 38.1 Å². The van der Waals surface area contributed by atoms with Gasteiger partial charge in [0.25, 0.3) is 5.91 Å². The van der Waals surface area contributed by atoms with Crippen molar-refractivity contribution < 1.29 is 19.0 Å². The Morgan fingerprint density at radius 2 is 1.65 bits per heavy atom. The van der Waals surface area contributed by atoms with Crippen molar-refractivity contribution in [3.05, 3.63) is 77.7 Å². The van der Waals surface area contributed by atoms with Crippen LogP contribution in [-0.2, 0) is 13.2 Å². The molecular formula is C29H30N4O4. The van der Waals surface area contributed by atoms with Gasteiger partial charge in [0.05, 0.1) is 20.8 Å². The highest BCUT2D eigenvalue weighted by atomic mass is 16.5. The largest absolute Gasteiger partial charge is 0.493 e. The van der Waals surface area contributed by atoms with Crippen molar-refractivity contribution in [2.75, 3.05) is 20.8 Å². The van der Waals surface area contributed by atoms with Gasteiger partial charge < -0.3 is 19.5 Å². The van der Waals surface area contributed by atoms with Gasteiger partial charge >= 0.3 is 0 Å². The van der Waals surface area contributed by atoms with Gasteiger partial charge in [-0.2, -0.15) is 5.10 Å². The van der Waals surface area contributed by atoms with Crippen molar-refractivity contribution in [3.8, 4) is 39.6 Å². The number of hydrogen-bond donors (Lipinski definition) is 1. The summed E-state index contributed by atoms with van der Waals surface area (Å²) >= 11 is 0. The fraction of sp³-hybridized carbons (Fsp3) is 0.276. The van der Waals surface area contributed by atoms with Gasteiger partial charge in [0.1, 0.15) is 18.0 Å². The predicted octanol–water partition coefficient (Wildman–Crippen LogP) is 5.08. The molecule has 4 aromatic rings. The molecule has 0 unspecified atom stereocenters. The van der Waals surface area contributed by atoms with Gasteiger partial charge in [-0.25, -0.2) is 0 Å². The first-order chi connectivity index (χ1) is 18.0. The third-order valence-corrected chi connectivity index (χ3v) is 6.51. The van der Waals surface area contributed by atoms with E-state index in [1.54, 1.807) is 31.3 Å². The fourth-order valence-corrected chi connectivity index (χ4v) is 4.52. The fourth-order valence-electron chi connectivity index (χ4n) is 4.52. The van der Waals surface area contributed by atoms with Gasteiger partial charge in [-0.3, -0.25) is 14.5 Å². The smallest absolute Gasteiger partial charge is 0.270 e. The number of nitrogens with one attached hydrogen (secondary N) is 1. The number of methoxy groups -OCH3 is 2. The SMILES string of the molecule is COc1cc(-c2c(-c3ccncc3)nn3c2C(=O)NCC3)cc(OC)c1OCc1ccc(C(C)C)cc1. The van der Waals surface area contributed by atoms with E-state index >= 15 is 0 Å². The molecule has 0 saturated heterocycles. The summed E-state index contributed by atoms with van der Waals surface area (Å²) in [5.74, 6) is 1.81. The zero-order valence-electron chi connectivity index (χ0n) is 21.4. The average Bonchev–Trinajstić information content (AvgIpc) is 3.33. The molecule has 190 valence electrons. The van der Waals surface area contributed by atoms with Crippen molar-refractivity contribution in [2.45, 2.75) is 32.9 Å². The van der Waals surface area contributed by atoms with E-state index in [-0.39, 0.29) is 5.91 Å². The summed E-state index contributed by atoms with van der Waals surface area (Å²) in [4.78, 5) is 17.1. The predicted molar refractivity (Wildman–Crippen MR) is 141 cm³/mol. The molecule has 1 aliphatic rings. The summed E-state index contributed by atoms with van der Waals surface area (Å²) in [6.45, 7) is 5.82. The van der Waals surface area contributed by atoms with Crippen molar-refractivity contribution in [1.82, 2.24) is 20.1 Å². The number of fused-ring (bicyclic) bond motifs is 1. The molecule has 2 aromatic carbocycles. The van der Waals surface area contributed by atoms with Crippen molar-refractivity contribution in [2.24, 2.45) is 0 Å². The Morgan fingerprint density at radius 3 is 2.27 bits per heavy atom. The van der Waals surface area contributed by atoms with Crippen LogP contribution in [0, 0.1) is 0 Å². The molecule has 5 rings (SSSR count). The van der Waals surface area contributed by atoms with E-state index in [1.807, 2.05) is 24.3 Å². The topological polar surface area (TPSA) is 87.5 Å². The second kappa shape index (κ2) is 10.3. The van der Waals surface area contributed by atoms with Gasteiger partial charge in [-0.15, -0.1) is 0 Å². The number of aromatic nitrogens is 3. The first kappa shape index (κ1) is 24.4. The van der Waals surface area contributed by atoms with E-state index in [0.717, 1.165) is 16.7 Å².